The minimum Gasteiger partial charge on any atom is -0.206 e. The fraction of sp³-hybridized carbons (Fsp3) is 0.0857. The van der Waals surface area contributed by atoms with E-state index in [9.17, 15) is 13.2 Å². The van der Waals surface area contributed by atoms with Gasteiger partial charge in [-0.3, -0.25) is 0 Å². The van der Waals surface area contributed by atoms with Crippen LogP contribution < -0.4 is 0 Å². The van der Waals surface area contributed by atoms with Crippen molar-refractivity contribution in [3.05, 3.63) is 142 Å². The molecule has 0 saturated carbocycles. The molecule has 5 aromatic rings. The van der Waals surface area contributed by atoms with Crippen molar-refractivity contribution in [2.75, 3.05) is 0 Å². The van der Waals surface area contributed by atoms with Crippen LogP contribution in [0.4, 0.5) is 17.6 Å². The largest absolute Gasteiger partial charge is 0.206 e. The van der Waals surface area contributed by atoms with Gasteiger partial charge >= 0.3 is 0 Å². The fourth-order valence-electron chi connectivity index (χ4n) is 4.55. The summed E-state index contributed by atoms with van der Waals surface area (Å²) in [5.41, 5.74) is 5.80. The van der Waals surface area contributed by atoms with Crippen molar-refractivity contribution in [3.8, 4) is 45.2 Å². The average molecular weight is 521 g/mol. The van der Waals surface area contributed by atoms with E-state index in [1.165, 1.54) is 30.3 Å². The zero-order chi connectivity index (χ0) is 27.7. The lowest BCUT2D eigenvalue weighted by Gasteiger charge is -2.09. The van der Waals surface area contributed by atoms with Crippen LogP contribution in [0.1, 0.15) is 27.8 Å². The number of hydrogen-bond donors (Lipinski definition) is 0. The third-order valence-corrected chi connectivity index (χ3v) is 6.66. The molecule has 0 spiro atoms. The Balaban J connectivity index is 1.40. The van der Waals surface area contributed by atoms with Crippen molar-refractivity contribution in [2.24, 2.45) is 0 Å². The highest BCUT2D eigenvalue weighted by molar-refractivity contribution is 5.72. The first-order valence-electron chi connectivity index (χ1n) is 12.4. The Hall–Kier alpha value is -4.62. The molecular weight excluding hydrogens is 496 g/mol. The van der Waals surface area contributed by atoms with Crippen molar-refractivity contribution in [1.29, 1.82) is 0 Å². The Bertz CT molecular complexity index is 1750. The minimum atomic E-state index is -0.605. The molecule has 5 aromatic carbocycles. The SMILES string of the molecule is Cc1ccc(-c2ccc(-c3cc(C)c(C#Cc4ccc(-c5ccc(C)cc5F)c(F)c4)c(F)c3)cc2)c(F)c1. The van der Waals surface area contributed by atoms with Crippen molar-refractivity contribution < 1.29 is 17.6 Å². The molecule has 39 heavy (non-hydrogen) atoms. The third kappa shape index (κ3) is 5.49. The summed E-state index contributed by atoms with van der Waals surface area (Å²) < 4.78 is 58.6. The number of rotatable bonds is 3. The highest BCUT2D eigenvalue weighted by Gasteiger charge is 2.12. The van der Waals surface area contributed by atoms with E-state index >= 15 is 4.39 Å². The van der Waals surface area contributed by atoms with Crippen LogP contribution in [0.3, 0.4) is 0 Å². The number of benzene rings is 5. The molecule has 0 fully saturated rings. The van der Waals surface area contributed by atoms with Gasteiger partial charge in [-0.2, -0.15) is 0 Å². The zero-order valence-corrected chi connectivity index (χ0v) is 21.7. The van der Waals surface area contributed by atoms with Gasteiger partial charge in [-0.1, -0.05) is 66.4 Å². The molecule has 0 atom stereocenters. The van der Waals surface area contributed by atoms with E-state index < -0.39 is 17.5 Å². The molecule has 0 aromatic heterocycles. The van der Waals surface area contributed by atoms with Crippen LogP contribution in [0.5, 0.6) is 0 Å². The lowest BCUT2D eigenvalue weighted by Crippen LogP contribution is -1.93. The molecule has 5 rings (SSSR count). The van der Waals surface area contributed by atoms with Crippen molar-refractivity contribution in [2.45, 2.75) is 20.8 Å². The summed E-state index contributed by atoms with van der Waals surface area (Å²) >= 11 is 0. The van der Waals surface area contributed by atoms with Gasteiger partial charge < -0.3 is 0 Å². The van der Waals surface area contributed by atoms with Crippen LogP contribution in [-0.4, -0.2) is 0 Å². The lowest BCUT2D eigenvalue weighted by molar-refractivity contribution is 0.615. The normalized spacial score (nSPS) is 10.7. The van der Waals surface area contributed by atoms with Crippen LogP contribution in [0.2, 0.25) is 0 Å². The monoisotopic (exact) mass is 520 g/mol. The predicted octanol–water partition coefficient (Wildman–Crippen LogP) is 9.57. The van der Waals surface area contributed by atoms with Crippen LogP contribution in [0, 0.1) is 55.9 Å². The number of aryl methyl sites for hydroxylation is 3. The predicted molar refractivity (Wildman–Crippen MR) is 149 cm³/mol. The minimum absolute atomic E-state index is 0.140. The Morgan fingerprint density at radius 3 is 1.54 bits per heavy atom. The van der Waals surface area contributed by atoms with E-state index in [2.05, 4.69) is 11.8 Å². The summed E-state index contributed by atoms with van der Waals surface area (Å²) in [6.45, 7) is 5.36. The van der Waals surface area contributed by atoms with Crippen LogP contribution >= 0.6 is 0 Å². The van der Waals surface area contributed by atoms with Gasteiger partial charge in [0.2, 0.25) is 0 Å². The van der Waals surface area contributed by atoms with E-state index in [4.69, 9.17) is 0 Å². The van der Waals surface area contributed by atoms with Gasteiger partial charge in [0, 0.05) is 22.3 Å². The summed E-state index contributed by atoms with van der Waals surface area (Å²) in [6, 6.07) is 24.5. The van der Waals surface area contributed by atoms with E-state index in [0.29, 0.717) is 22.3 Å². The van der Waals surface area contributed by atoms with Gasteiger partial charge in [0.05, 0.1) is 5.56 Å². The highest BCUT2D eigenvalue weighted by Crippen LogP contribution is 2.30. The summed E-state index contributed by atoms with van der Waals surface area (Å²) in [6.07, 6.45) is 0. The first-order valence-corrected chi connectivity index (χ1v) is 12.4. The second kappa shape index (κ2) is 10.6. The van der Waals surface area contributed by atoms with Crippen molar-refractivity contribution in [3.63, 3.8) is 0 Å². The molecule has 0 N–H and O–H groups in total. The smallest absolute Gasteiger partial charge is 0.139 e. The fourth-order valence-corrected chi connectivity index (χ4v) is 4.55. The lowest BCUT2D eigenvalue weighted by atomic mass is 9.96. The highest BCUT2D eigenvalue weighted by atomic mass is 19.1. The van der Waals surface area contributed by atoms with Gasteiger partial charge in [-0.05, 0) is 90.6 Å². The van der Waals surface area contributed by atoms with Gasteiger partial charge in [0.15, 0.2) is 0 Å². The maximum absolute atomic E-state index is 15.1. The Morgan fingerprint density at radius 1 is 0.436 bits per heavy atom. The molecule has 0 amide bonds. The maximum atomic E-state index is 15.1. The molecule has 0 radical (unpaired) electrons. The molecule has 0 nitrogen and oxygen atoms in total. The second-order valence-corrected chi connectivity index (χ2v) is 9.64. The molecule has 0 bridgehead atoms. The maximum Gasteiger partial charge on any atom is 0.139 e. The standard InChI is InChI=1S/C35H24F4/c1-21-4-12-29(32(36)16-21)26-10-8-25(9-11-26)27-18-23(3)28(35(39)20-27)14-6-24-7-15-31(34(38)19-24)30-13-5-22(2)17-33(30)37/h4-5,7-13,15-20H,1-3H3. The third-order valence-electron chi connectivity index (χ3n) is 6.66. The zero-order valence-electron chi connectivity index (χ0n) is 21.7. The molecule has 0 aliphatic heterocycles. The quantitative estimate of drug-likeness (QED) is 0.164. The van der Waals surface area contributed by atoms with Gasteiger partial charge in [0.25, 0.3) is 0 Å². The molecule has 0 aliphatic carbocycles. The summed E-state index contributed by atoms with van der Waals surface area (Å²) in [7, 11) is 0. The first-order chi connectivity index (χ1) is 18.7. The number of halogens is 4. The molecule has 0 heterocycles. The summed E-state index contributed by atoms with van der Waals surface area (Å²) in [5, 5.41) is 0. The molecule has 0 aliphatic rings. The van der Waals surface area contributed by atoms with Crippen LogP contribution in [-0.2, 0) is 0 Å². The van der Waals surface area contributed by atoms with Crippen LogP contribution in [0.15, 0.2) is 91.0 Å². The van der Waals surface area contributed by atoms with E-state index in [-0.39, 0.29) is 22.5 Å². The average Bonchev–Trinajstić information content (AvgIpc) is 2.89. The molecular formula is C35H24F4. The van der Waals surface area contributed by atoms with Gasteiger partial charge in [-0.25, -0.2) is 17.6 Å². The summed E-state index contributed by atoms with van der Waals surface area (Å²) in [5.74, 6) is 3.75. The molecule has 0 unspecified atom stereocenters. The molecule has 0 saturated heterocycles. The molecule has 4 heteroatoms. The van der Waals surface area contributed by atoms with Gasteiger partial charge in [-0.15, -0.1) is 0 Å². The summed E-state index contributed by atoms with van der Waals surface area (Å²) in [4.78, 5) is 0. The first kappa shape index (κ1) is 26.0. The van der Waals surface area contributed by atoms with E-state index in [0.717, 1.165) is 22.3 Å². The van der Waals surface area contributed by atoms with Crippen molar-refractivity contribution in [1.82, 2.24) is 0 Å². The van der Waals surface area contributed by atoms with Crippen LogP contribution in [0.25, 0.3) is 33.4 Å². The Kier molecular flexibility index (Phi) is 7.09. The van der Waals surface area contributed by atoms with E-state index in [1.807, 2.05) is 43.3 Å². The van der Waals surface area contributed by atoms with Crippen molar-refractivity contribution >= 4 is 0 Å². The van der Waals surface area contributed by atoms with E-state index in [1.54, 1.807) is 38.1 Å². The van der Waals surface area contributed by atoms with Gasteiger partial charge in [0.1, 0.15) is 23.3 Å². The topological polar surface area (TPSA) is 0 Å². The Morgan fingerprint density at radius 2 is 0.974 bits per heavy atom. The molecule has 192 valence electrons. The number of hydrogen-bond acceptors (Lipinski definition) is 0. The second-order valence-electron chi connectivity index (χ2n) is 9.64. The Labute approximate surface area is 225 Å².